The summed E-state index contributed by atoms with van der Waals surface area (Å²) in [6.07, 6.45) is 3.03. The van der Waals surface area contributed by atoms with Crippen molar-refractivity contribution in [1.29, 1.82) is 0 Å². The van der Waals surface area contributed by atoms with Gasteiger partial charge in [-0.2, -0.15) is 0 Å². The molecule has 1 aromatic heterocycles. The van der Waals surface area contributed by atoms with Gasteiger partial charge in [0.1, 0.15) is 0 Å². The molecular weight excluding hydrogens is 300 g/mol. The average Bonchev–Trinajstić information content (AvgIpc) is 3.04. The van der Waals surface area contributed by atoms with Crippen molar-refractivity contribution in [1.82, 2.24) is 5.32 Å². The van der Waals surface area contributed by atoms with Gasteiger partial charge in [-0.05, 0) is 60.2 Å². The second-order valence-electron chi connectivity index (χ2n) is 4.77. The Balaban J connectivity index is 1.76. The maximum atomic E-state index is 11.9. The second-order valence-corrected chi connectivity index (χ2v) is 7.32. The van der Waals surface area contributed by atoms with Crippen LogP contribution in [0.5, 0.6) is 0 Å². The van der Waals surface area contributed by atoms with Gasteiger partial charge in [0.25, 0.3) is 0 Å². The number of nitrogens with one attached hydrogen (secondary N) is 1. The van der Waals surface area contributed by atoms with E-state index < -0.39 is 5.54 Å². The van der Waals surface area contributed by atoms with Gasteiger partial charge in [0.05, 0.1) is 9.33 Å². The predicted molar refractivity (Wildman–Crippen MR) is 74.0 cm³/mol. The monoisotopic (exact) mass is 316 g/mol. The van der Waals surface area contributed by atoms with Crippen molar-refractivity contribution in [2.75, 3.05) is 6.54 Å². The number of amides is 1. The van der Waals surface area contributed by atoms with Crippen LogP contribution in [0.1, 0.15) is 24.6 Å². The first-order valence-corrected chi connectivity index (χ1v) is 7.42. The Labute approximate surface area is 114 Å². The number of rotatable bonds is 5. The van der Waals surface area contributed by atoms with Crippen LogP contribution in [-0.4, -0.2) is 18.0 Å². The van der Waals surface area contributed by atoms with Crippen LogP contribution >= 0.6 is 27.3 Å². The number of thiophene rings is 1. The Morgan fingerprint density at radius 1 is 1.65 bits per heavy atom. The molecule has 0 spiro atoms. The lowest BCUT2D eigenvalue weighted by Gasteiger charge is -2.22. The van der Waals surface area contributed by atoms with Gasteiger partial charge in [0.15, 0.2) is 0 Å². The molecule has 17 heavy (non-hydrogen) atoms. The van der Waals surface area contributed by atoms with Crippen molar-refractivity contribution in [3.8, 4) is 0 Å². The van der Waals surface area contributed by atoms with Gasteiger partial charge in [-0.3, -0.25) is 4.79 Å². The Hall–Kier alpha value is -0.390. The van der Waals surface area contributed by atoms with Crippen molar-refractivity contribution in [3.05, 3.63) is 20.8 Å². The summed E-state index contributed by atoms with van der Waals surface area (Å²) in [5.41, 5.74) is 5.35. The van der Waals surface area contributed by atoms with Crippen molar-refractivity contribution in [2.45, 2.75) is 31.7 Å². The smallest absolute Gasteiger partial charge is 0.240 e. The molecule has 0 aliphatic heterocycles. The zero-order valence-corrected chi connectivity index (χ0v) is 12.2. The van der Waals surface area contributed by atoms with E-state index in [1.54, 1.807) is 11.3 Å². The predicted octanol–water partition coefficient (Wildman–Crippen LogP) is 2.30. The van der Waals surface area contributed by atoms with Crippen LogP contribution in [0, 0.1) is 5.92 Å². The minimum Gasteiger partial charge on any atom is -0.354 e. The second kappa shape index (κ2) is 5.08. The van der Waals surface area contributed by atoms with E-state index in [-0.39, 0.29) is 5.91 Å². The number of hydrogen-bond donors (Lipinski definition) is 2. The summed E-state index contributed by atoms with van der Waals surface area (Å²) in [7, 11) is 0. The normalized spacial score (nSPS) is 18.8. The molecule has 0 bridgehead atoms. The van der Waals surface area contributed by atoms with Crippen LogP contribution in [-0.2, 0) is 11.2 Å². The van der Waals surface area contributed by atoms with Gasteiger partial charge in [-0.25, -0.2) is 0 Å². The third-order valence-corrected chi connectivity index (χ3v) is 4.88. The minimum atomic E-state index is -0.684. The highest BCUT2D eigenvalue weighted by molar-refractivity contribution is 9.11. The number of nitrogens with two attached hydrogens (primary N) is 1. The molecule has 1 saturated carbocycles. The summed E-state index contributed by atoms with van der Waals surface area (Å²) < 4.78 is 1.13. The third kappa shape index (κ3) is 3.30. The highest BCUT2D eigenvalue weighted by atomic mass is 79.9. The summed E-state index contributed by atoms with van der Waals surface area (Å²) in [5.74, 6) is 0.356. The van der Waals surface area contributed by atoms with E-state index in [1.165, 1.54) is 4.88 Å². The Kier molecular flexibility index (Phi) is 3.90. The molecule has 1 amide bonds. The maximum absolute atomic E-state index is 11.9. The van der Waals surface area contributed by atoms with Gasteiger partial charge >= 0.3 is 0 Å². The fourth-order valence-corrected chi connectivity index (χ4v) is 3.33. The van der Waals surface area contributed by atoms with Crippen molar-refractivity contribution in [3.63, 3.8) is 0 Å². The number of hydrogen-bond acceptors (Lipinski definition) is 3. The zero-order chi connectivity index (χ0) is 12.5. The SMILES string of the molecule is CC(N)(C(=O)NCCc1ccc(Br)s1)C1CC1. The quantitative estimate of drug-likeness (QED) is 0.875. The van der Waals surface area contributed by atoms with Gasteiger partial charge in [-0.15, -0.1) is 11.3 Å². The van der Waals surface area contributed by atoms with E-state index in [0.717, 1.165) is 23.0 Å². The number of carbonyl (C=O) groups is 1. The molecule has 1 heterocycles. The van der Waals surface area contributed by atoms with E-state index in [0.29, 0.717) is 12.5 Å². The lowest BCUT2D eigenvalue weighted by molar-refractivity contribution is -0.126. The molecule has 94 valence electrons. The van der Waals surface area contributed by atoms with Crippen LogP contribution in [0.2, 0.25) is 0 Å². The summed E-state index contributed by atoms with van der Waals surface area (Å²) in [4.78, 5) is 13.2. The molecule has 5 heteroatoms. The summed E-state index contributed by atoms with van der Waals surface area (Å²) in [6.45, 7) is 2.49. The van der Waals surface area contributed by atoms with E-state index >= 15 is 0 Å². The van der Waals surface area contributed by atoms with E-state index in [9.17, 15) is 4.79 Å². The molecule has 1 aliphatic carbocycles. The summed E-state index contributed by atoms with van der Waals surface area (Å²) >= 11 is 5.12. The molecule has 1 fully saturated rings. The molecule has 3 N–H and O–H groups in total. The molecule has 0 radical (unpaired) electrons. The number of carbonyl (C=O) groups excluding carboxylic acids is 1. The third-order valence-electron chi connectivity index (χ3n) is 3.20. The van der Waals surface area contributed by atoms with Gasteiger partial charge in [0, 0.05) is 11.4 Å². The molecule has 0 saturated heterocycles. The lowest BCUT2D eigenvalue weighted by atomic mass is 9.96. The van der Waals surface area contributed by atoms with Crippen LogP contribution in [0.4, 0.5) is 0 Å². The lowest BCUT2D eigenvalue weighted by Crippen LogP contribution is -2.53. The van der Waals surface area contributed by atoms with Crippen molar-refractivity contribution >= 4 is 33.2 Å². The highest BCUT2D eigenvalue weighted by Crippen LogP contribution is 2.38. The largest absolute Gasteiger partial charge is 0.354 e. The fourth-order valence-electron chi connectivity index (χ4n) is 1.84. The van der Waals surface area contributed by atoms with Crippen LogP contribution in [0.25, 0.3) is 0 Å². The van der Waals surface area contributed by atoms with Crippen LogP contribution < -0.4 is 11.1 Å². The molecule has 3 nitrogen and oxygen atoms in total. The molecule has 1 atom stereocenters. The summed E-state index contributed by atoms with van der Waals surface area (Å²) in [6, 6.07) is 4.10. The zero-order valence-electron chi connectivity index (χ0n) is 9.83. The molecule has 0 aromatic carbocycles. The minimum absolute atomic E-state index is 0.0179. The number of halogens is 1. The van der Waals surface area contributed by atoms with Crippen molar-refractivity contribution in [2.24, 2.45) is 11.7 Å². The van der Waals surface area contributed by atoms with Crippen LogP contribution in [0.3, 0.4) is 0 Å². The Morgan fingerprint density at radius 3 is 2.88 bits per heavy atom. The van der Waals surface area contributed by atoms with E-state index in [2.05, 4.69) is 27.3 Å². The first-order chi connectivity index (χ1) is 8.00. The first-order valence-electron chi connectivity index (χ1n) is 5.81. The standard InChI is InChI=1S/C12H17BrN2OS/c1-12(14,8-2-3-8)11(16)15-7-6-9-4-5-10(13)17-9/h4-5,8H,2-3,6-7,14H2,1H3,(H,15,16). The molecule has 2 rings (SSSR count). The van der Waals surface area contributed by atoms with Gasteiger partial charge < -0.3 is 11.1 Å². The van der Waals surface area contributed by atoms with E-state index in [1.807, 2.05) is 13.0 Å². The molecule has 1 unspecified atom stereocenters. The molecular formula is C12H17BrN2OS. The van der Waals surface area contributed by atoms with Crippen molar-refractivity contribution < 1.29 is 4.79 Å². The fraction of sp³-hybridized carbons (Fsp3) is 0.583. The first kappa shape index (κ1) is 13.1. The molecule has 1 aliphatic rings. The van der Waals surface area contributed by atoms with Gasteiger partial charge in [0.2, 0.25) is 5.91 Å². The topological polar surface area (TPSA) is 55.1 Å². The molecule has 1 aromatic rings. The van der Waals surface area contributed by atoms with Gasteiger partial charge in [-0.1, -0.05) is 0 Å². The van der Waals surface area contributed by atoms with Crippen LogP contribution in [0.15, 0.2) is 15.9 Å². The van der Waals surface area contributed by atoms with E-state index in [4.69, 9.17) is 5.73 Å². The maximum Gasteiger partial charge on any atom is 0.240 e. The highest BCUT2D eigenvalue weighted by Gasteiger charge is 2.43. The Bertz CT molecular complexity index is 412. The summed E-state index contributed by atoms with van der Waals surface area (Å²) in [5, 5.41) is 2.93. The Morgan fingerprint density at radius 2 is 2.35 bits per heavy atom. The average molecular weight is 317 g/mol.